The van der Waals surface area contributed by atoms with Gasteiger partial charge in [0.2, 0.25) is 0 Å². The van der Waals surface area contributed by atoms with E-state index < -0.39 is 27.3 Å². The van der Waals surface area contributed by atoms with Crippen molar-refractivity contribution < 1.29 is 17.9 Å². The van der Waals surface area contributed by atoms with Gasteiger partial charge in [0.15, 0.2) is 9.84 Å². The molecule has 4 nitrogen and oxygen atoms in total. The molecule has 2 aliphatic carbocycles. The van der Waals surface area contributed by atoms with Gasteiger partial charge in [-0.3, -0.25) is 0 Å². The zero-order valence-corrected chi connectivity index (χ0v) is 18.9. The van der Waals surface area contributed by atoms with Crippen LogP contribution < -0.4 is 0 Å². The summed E-state index contributed by atoms with van der Waals surface area (Å²) in [5.41, 5.74) is 2.06. The van der Waals surface area contributed by atoms with E-state index in [2.05, 4.69) is 19.6 Å². The molecule has 0 aliphatic heterocycles. The van der Waals surface area contributed by atoms with Crippen LogP contribution in [0.3, 0.4) is 0 Å². The SMILES string of the molecule is CC(C)(C)C=C=CC(=O)O[C@H]1C[C@@H]2CC[C@@]1(CS(=O)(=O)c1ccccc1)C2(C)C. The predicted molar refractivity (Wildman–Crippen MR) is 114 cm³/mol. The number of esters is 1. The zero-order chi connectivity index (χ0) is 21.5. The van der Waals surface area contributed by atoms with Crippen LogP contribution in [0.5, 0.6) is 0 Å². The molecule has 0 unspecified atom stereocenters. The third kappa shape index (κ3) is 4.22. The van der Waals surface area contributed by atoms with Crippen LogP contribution in [-0.2, 0) is 19.4 Å². The molecule has 1 aromatic carbocycles. The van der Waals surface area contributed by atoms with E-state index in [-0.39, 0.29) is 16.6 Å². The van der Waals surface area contributed by atoms with Gasteiger partial charge >= 0.3 is 5.97 Å². The Bertz CT molecular complexity index is 931. The van der Waals surface area contributed by atoms with Crippen molar-refractivity contribution >= 4 is 15.8 Å². The predicted octanol–water partition coefficient (Wildman–Crippen LogP) is 4.96. The fourth-order valence-corrected chi connectivity index (χ4v) is 7.21. The molecule has 3 atom stereocenters. The van der Waals surface area contributed by atoms with Gasteiger partial charge in [-0.25, -0.2) is 13.2 Å². The van der Waals surface area contributed by atoms with Crippen LogP contribution in [0.4, 0.5) is 0 Å². The minimum atomic E-state index is -3.49. The Morgan fingerprint density at radius 3 is 2.48 bits per heavy atom. The highest BCUT2D eigenvalue weighted by Gasteiger charge is 2.66. The molecule has 0 N–H and O–H groups in total. The zero-order valence-electron chi connectivity index (χ0n) is 18.1. The van der Waals surface area contributed by atoms with Crippen LogP contribution in [0.15, 0.2) is 53.1 Å². The van der Waals surface area contributed by atoms with Gasteiger partial charge in [-0.1, -0.05) is 52.8 Å². The van der Waals surface area contributed by atoms with Crippen molar-refractivity contribution in [2.45, 2.75) is 64.9 Å². The van der Waals surface area contributed by atoms with E-state index in [0.29, 0.717) is 10.8 Å². The fraction of sp³-hybridized carbons (Fsp3) is 0.583. The van der Waals surface area contributed by atoms with Crippen molar-refractivity contribution in [3.63, 3.8) is 0 Å². The van der Waals surface area contributed by atoms with Gasteiger partial charge in [-0.05, 0) is 54.2 Å². The number of rotatable bonds is 5. The second-order valence-corrected chi connectivity index (χ2v) is 12.2. The molecule has 0 heterocycles. The maximum atomic E-state index is 13.2. The van der Waals surface area contributed by atoms with Crippen molar-refractivity contribution in [2.75, 3.05) is 5.75 Å². The second kappa shape index (κ2) is 7.45. The smallest absolute Gasteiger partial charge is 0.338 e. The summed E-state index contributed by atoms with van der Waals surface area (Å²) in [5, 5.41) is 0. The maximum absolute atomic E-state index is 13.2. The summed E-state index contributed by atoms with van der Waals surface area (Å²) >= 11 is 0. The first-order valence-electron chi connectivity index (χ1n) is 10.3. The van der Waals surface area contributed by atoms with E-state index in [1.807, 2.05) is 32.9 Å². The summed E-state index contributed by atoms with van der Waals surface area (Å²) in [4.78, 5) is 12.8. The van der Waals surface area contributed by atoms with E-state index >= 15 is 0 Å². The first-order valence-corrected chi connectivity index (χ1v) is 11.9. The number of sulfone groups is 1. The lowest BCUT2D eigenvalue weighted by atomic mass is 9.69. The molecular formula is C24H32O4S. The molecule has 3 rings (SSSR count). The van der Waals surface area contributed by atoms with Crippen LogP contribution in [0.2, 0.25) is 0 Å². The molecule has 0 spiro atoms. The average molecular weight is 417 g/mol. The van der Waals surface area contributed by atoms with E-state index in [1.54, 1.807) is 24.3 Å². The Labute approximate surface area is 175 Å². The molecule has 5 heteroatoms. The lowest BCUT2D eigenvalue weighted by Crippen LogP contribution is -2.46. The van der Waals surface area contributed by atoms with Crippen LogP contribution in [0.1, 0.15) is 53.9 Å². The molecular weight excluding hydrogens is 384 g/mol. The Hall–Kier alpha value is -1.84. The molecule has 158 valence electrons. The Morgan fingerprint density at radius 1 is 1.24 bits per heavy atom. The van der Waals surface area contributed by atoms with Crippen molar-refractivity contribution in [2.24, 2.45) is 22.2 Å². The van der Waals surface area contributed by atoms with Crippen molar-refractivity contribution in [1.29, 1.82) is 0 Å². The topological polar surface area (TPSA) is 60.4 Å². The van der Waals surface area contributed by atoms with Crippen molar-refractivity contribution in [3.8, 4) is 0 Å². The van der Waals surface area contributed by atoms with Crippen molar-refractivity contribution in [1.82, 2.24) is 0 Å². The monoisotopic (exact) mass is 416 g/mol. The molecule has 2 fully saturated rings. The van der Waals surface area contributed by atoms with Crippen LogP contribution in [0.25, 0.3) is 0 Å². The normalized spacial score (nSPS) is 27.9. The largest absolute Gasteiger partial charge is 0.458 e. The molecule has 1 aromatic rings. The molecule has 29 heavy (non-hydrogen) atoms. The minimum Gasteiger partial charge on any atom is -0.458 e. The third-order valence-corrected chi connectivity index (χ3v) is 8.77. The summed E-state index contributed by atoms with van der Waals surface area (Å²) in [7, 11) is -3.49. The third-order valence-electron chi connectivity index (χ3n) is 6.88. The van der Waals surface area contributed by atoms with E-state index in [1.165, 1.54) is 6.08 Å². The molecule has 2 aliphatic rings. The summed E-state index contributed by atoms with van der Waals surface area (Å²) < 4.78 is 32.3. The average Bonchev–Trinajstić information content (AvgIpc) is 2.96. The first kappa shape index (κ1) is 21.9. The highest BCUT2D eigenvalue weighted by Crippen LogP contribution is 2.67. The molecule has 0 radical (unpaired) electrons. The number of ether oxygens (including phenoxy) is 1. The molecule has 0 amide bonds. The van der Waals surface area contributed by atoms with Gasteiger partial charge in [-0.15, -0.1) is 5.73 Å². The van der Waals surface area contributed by atoms with Gasteiger partial charge in [0.25, 0.3) is 0 Å². The quantitative estimate of drug-likeness (QED) is 0.387. The second-order valence-electron chi connectivity index (χ2n) is 10.2. The molecule has 0 aromatic heterocycles. The van der Waals surface area contributed by atoms with Crippen LogP contribution in [0, 0.1) is 22.2 Å². The molecule has 2 saturated carbocycles. The van der Waals surface area contributed by atoms with Gasteiger partial charge < -0.3 is 4.74 Å². The summed E-state index contributed by atoms with van der Waals surface area (Å²) in [6, 6.07) is 8.57. The molecule has 0 saturated heterocycles. The van der Waals surface area contributed by atoms with E-state index in [9.17, 15) is 13.2 Å². The minimum absolute atomic E-state index is 0.00695. The van der Waals surface area contributed by atoms with E-state index in [0.717, 1.165) is 19.3 Å². The number of carbonyl (C=O) groups is 1. The van der Waals surface area contributed by atoms with Crippen LogP contribution in [-0.4, -0.2) is 26.2 Å². The van der Waals surface area contributed by atoms with Gasteiger partial charge in [0, 0.05) is 5.41 Å². The highest BCUT2D eigenvalue weighted by atomic mass is 32.2. The number of benzene rings is 1. The lowest BCUT2D eigenvalue weighted by molar-refractivity contribution is -0.150. The van der Waals surface area contributed by atoms with Crippen molar-refractivity contribution in [3.05, 3.63) is 48.2 Å². The highest BCUT2D eigenvalue weighted by molar-refractivity contribution is 7.91. The number of hydrogen-bond acceptors (Lipinski definition) is 4. The fourth-order valence-electron chi connectivity index (χ4n) is 5.09. The lowest BCUT2D eigenvalue weighted by Gasteiger charge is -2.41. The van der Waals surface area contributed by atoms with E-state index in [4.69, 9.17) is 4.74 Å². The Morgan fingerprint density at radius 2 is 1.90 bits per heavy atom. The van der Waals surface area contributed by atoms with Crippen LogP contribution >= 0.6 is 0 Å². The van der Waals surface area contributed by atoms with Gasteiger partial charge in [0.1, 0.15) is 6.10 Å². The summed E-state index contributed by atoms with van der Waals surface area (Å²) in [6.07, 6.45) is 5.22. The number of carbonyl (C=O) groups excluding carboxylic acids is 1. The number of fused-ring (bicyclic) bond motifs is 2. The Balaban J connectivity index is 1.87. The standard InChI is InChI=1S/C24H32O4S/c1-22(2,3)14-9-12-21(25)28-20-16-18-13-15-24(20,23(18,4)5)17-29(26,27)19-10-7-6-8-11-19/h6-8,10-12,14,18,20H,13,15-17H2,1-5H3/t9?,18-,20-,24-/m0/s1. The summed E-state index contributed by atoms with van der Waals surface area (Å²) in [6.45, 7) is 10.4. The van der Waals surface area contributed by atoms with Gasteiger partial charge in [0.05, 0.1) is 16.7 Å². The maximum Gasteiger partial charge on any atom is 0.338 e. The first-order chi connectivity index (χ1) is 13.4. The number of hydrogen-bond donors (Lipinski definition) is 0. The Kier molecular flexibility index (Phi) is 5.61. The summed E-state index contributed by atoms with van der Waals surface area (Å²) in [5.74, 6) is -0.0804. The van der Waals surface area contributed by atoms with Gasteiger partial charge in [-0.2, -0.15) is 0 Å². The molecule has 2 bridgehead atoms.